The molecule has 0 aromatic carbocycles. The normalized spacial score (nSPS) is 11.9. The van der Waals surface area contributed by atoms with Crippen LogP contribution in [-0.4, -0.2) is 35.9 Å². The highest BCUT2D eigenvalue weighted by Gasteiger charge is 2.19. The van der Waals surface area contributed by atoms with Gasteiger partial charge in [0, 0.05) is 31.4 Å². The summed E-state index contributed by atoms with van der Waals surface area (Å²) in [7, 11) is -3.24. The Morgan fingerprint density at radius 3 is 2.50 bits per heavy atom. The van der Waals surface area contributed by atoms with Crippen molar-refractivity contribution >= 4 is 21.6 Å². The monoisotopic (exact) mass is 262 g/mol. The topological polar surface area (TPSA) is 50.3 Å². The van der Waals surface area contributed by atoms with Crippen LogP contribution in [-0.2, 0) is 16.6 Å². The van der Waals surface area contributed by atoms with Crippen LogP contribution in [0, 0.1) is 0 Å². The van der Waals surface area contributed by atoms with Crippen LogP contribution in [0.25, 0.3) is 0 Å². The van der Waals surface area contributed by atoms with Crippen LogP contribution in [0.5, 0.6) is 0 Å². The minimum Gasteiger partial charge on any atom is -0.265 e. The van der Waals surface area contributed by atoms with Crippen molar-refractivity contribution in [3.63, 3.8) is 0 Å². The van der Waals surface area contributed by atoms with E-state index >= 15 is 0 Å². The number of hydrogen-bond acceptors (Lipinski definition) is 3. The van der Waals surface area contributed by atoms with E-state index in [4.69, 9.17) is 11.6 Å². The highest BCUT2D eigenvalue weighted by Crippen LogP contribution is 2.09. The molecule has 0 fully saturated rings. The van der Waals surface area contributed by atoms with Gasteiger partial charge in [0.25, 0.3) is 0 Å². The average molecular weight is 263 g/mol. The Hall–Kier alpha value is -0.650. The van der Waals surface area contributed by atoms with Gasteiger partial charge in [-0.2, -0.15) is 4.31 Å². The Morgan fingerprint density at radius 1 is 1.38 bits per heavy atom. The van der Waals surface area contributed by atoms with Crippen molar-refractivity contribution in [3.8, 4) is 0 Å². The van der Waals surface area contributed by atoms with Crippen molar-refractivity contribution in [2.45, 2.75) is 13.5 Å². The molecular formula is C10H15ClN2O2S. The van der Waals surface area contributed by atoms with Gasteiger partial charge in [-0.25, -0.2) is 8.42 Å². The number of nitrogens with zero attached hydrogens (tertiary/aromatic N) is 2. The van der Waals surface area contributed by atoms with Gasteiger partial charge in [-0.15, -0.1) is 11.6 Å². The van der Waals surface area contributed by atoms with Crippen molar-refractivity contribution in [3.05, 3.63) is 30.1 Å². The van der Waals surface area contributed by atoms with E-state index in [0.717, 1.165) is 5.56 Å². The Kier molecular flexibility index (Phi) is 5.18. The van der Waals surface area contributed by atoms with Crippen LogP contribution in [0.4, 0.5) is 0 Å². The van der Waals surface area contributed by atoms with Gasteiger partial charge in [-0.05, 0) is 17.7 Å². The summed E-state index contributed by atoms with van der Waals surface area (Å²) in [5.74, 6) is 0.0999. The van der Waals surface area contributed by atoms with Gasteiger partial charge in [0.1, 0.15) is 0 Å². The molecule has 0 saturated heterocycles. The molecule has 0 bridgehead atoms. The molecule has 1 heterocycles. The molecule has 0 amide bonds. The quantitative estimate of drug-likeness (QED) is 0.730. The third kappa shape index (κ3) is 3.73. The smallest absolute Gasteiger partial charge is 0.215 e. The Labute approximate surface area is 101 Å². The summed E-state index contributed by atoms with van der Waals surface area (Å²) in [5.41, 5.74) is 0.926. The fourth-order valence-electron chi connectivity index (χ4n) is 1.33. The molecule has 6 heteroatoms. The van der Waals surface area contributed by atoms with Crippen molar-refractivity contribution in [1.82, 2.24) is 9.29 Å². The molecule has 1 aromatic heterocycles. The number of halogens is 1. The summed E-state index contributed by atoms with van der Waals surface area (Å²) in [6.07, 6.45) is 3.30. The van der Waals surface area contributed by atoms with Crippen molar-refractivity contribution in [1.29, 1.82) is 0 Å². The molecule has 0 saturated carbocycles. The first-order chi connectivity index (χ1) is 7.60. The van der Waals surface area contributed by atoms with Crippen molar-refractivity contribution < 1.29 is 8.42 Å². The lowest BCUT2D eigenvalue weighted by Gasteiger charge is -2.19. The second kappa shape index (κ2) is 6.18. The SMILES string of the molecule is CCN(Cc1ccncc1)S(=O)(=O)CCCl. The maximum absolute atomic E-state index is 11.8. The summed E-state index contributed by atoms with van der Waals surface area (Å²) in [6, 6.07) is 3.61. The lowest BCUT2D eigenvalue weighted by Crippen LogP contribution is -2.32. The molecule has 0 aliphatic carbocycles. The van der Waals surface area contributed by atoms with Gasteiger partial charge in [-0.3, -0.25) is 4.98 Å². The Morgan fingerprint density at radius 2 is 2.00 bits per heavy atom. The molecule has 1 rings (SSSR count). The number of hydrogen-bond donors (Lipinski definition) is 0. The molecule has 90 valence electrons. The standard InChI is InChI=1S/C10H15ClN2O2S/c1-2-13(16(14,15)8-5-11)9-10-3-6-12-7-4-10/h3-4,6-7H,2,5,8-9H2,1H3. The lowest BCUT2D eigenvalue weighted by atomic mass is 10.3. The number of sulfonamides is 1. The van der Waals surface area contributed by atoms with Gasteiger partial charge < -0.3 is 0 Å². The van der Waals surface area contributed by atoms with Gasteiger partial charge in [0.2, 0.25) is 10.0 Å². The fourth-order valence-corrected chi connectivity index (χ4v) is 3.10. The average Bonchev–Trinajstić information content (AvgIpc) is 2.27. The first-order valence-electron chi connectivity index (χ1n) is 5.03. The van der Waals surface area contributed by atoms with E-state index in [1.165, 1.54) is 4.31 Å². The summed E-state index contributed by atoms with van der Waals surface area (Å²) >= 11 is 5.47. The zero-order chi connectivity index (χ0) is 12.0. The molecule has 0 unspecified atom stereocenters. The number of aromatic nitrogens is 1. The fraction of sp³-hybridized carbons (Fsp3) is 0.500. The summed E-state index contributed by atoms with van der Waals surface area (Å²) in [5, 5.41) is 0. The second-order valence-electron chi connectivity index (χ2n) is 3.29. The lowest BCUT2D eigenvalue weighted by molar-refractivity contribution is 0.424. The second-order valence-corrected chi connectivity index (χ2v) is 5.75. The molecule has 0 aliphatic heterocycles. The summed E-state index contributed by atoms with van der Waals surface area (Å²) in [6.45, 7) is 2.63. The summed E-state index contributed by atoms with van der Waals surface area (Å²) < 4.78 is 25.0. The first kappa shape index (κ1) is 13.4. The molecular weight excluding hydrogens is 248 g/mol. The van der Waals surface area contributed by atoms with Crippen LogP contribution in [0.3, 0.4) is 0 Å². The predicted octanol–water partition coefficient (Wildman–Crippen LogP) is 1.47. The molecule has 0 N–H and O–H groups in total. The van der Waals surface area contributed by atoms with Crippen LogP contribution < -0.4 is 0 Å². The van der Waals surface area contributed by atoms with Crippen LogP contribution in [0.15, 0.2) is 24.5 Å². The van der Waals surface area contributed by atoms with Crippen LogP contribution >= 0.6 is 11.6 Å². The number of alkyl halides is 1. The Balaban J connectivity index is 2.77. The van der Waals surface area contributed by atoms with E-state index < -0.39 is 10.0 Å². The molecule has 16 heavy (non-hydrogen) atoms. The third-order valence-electron chi connectivity index (χ3n) is 2.19. The molecule has 4 nitrogen and oxygen atoms in total. The van der Waals surface area contributed by atoms with E-state index in [-0.39, 0.29) is 11.6 Å². The zero-order valence-electron chi connectivity index (χ0n) is 9.13. The van der Waals surface area contributed by atoms with Crippen LogP contribution in [0.2, 0.25) is 0 Å². The highest BCUT2D eigenvalue weighted by molar-refractivity contribution is 7.89. The molecule has 0 aliphatic rings. The molecule has 1 aromatic rings. The number of rotatable bonds is 6. The first-order valence-corrected chi connectivity index (χ1v) is 7.17. The maximum atomic E-state index is 11.8. The van der Waals surface area contributed by atoms with Gasteiger partial charge in [0.05, 0.1) is 5.75 Å². The number of pyridine rings is 1. The molecule has 0 atom stereocenters. The molecule has 0 radical (unpaired) electrons. The zero-order valence-corrected chi connectivity index (χ0v) is 10.7. The Bertz CT molecular complexity index is 408. The minimum absolute atomic E-state index is 0.0204. The molecule has 0 spiro atoms. The van der Waals surface area contributed by atoms with E-state index in [0.29, 0.717) is 13.1 Å². The van der Waals surface area contributed by atoms with Crippen molar-refractivity contribution in [2.24, 2.45) is 0 Å². The minimum atomic E-state index is -3.24. The highest BCUT2D eigenvalue weighted by atomic mass is 35.5. The predicted molar refractivity (Wildman–Crippen MR) is 64.8 cm³/mol. The van der Waals surface area contributed by atoms with E-state index in [9.17, 15) is 8.42 Å². The van der Waals surface area contributed by atoms with Gasteiger partial charge >= 0.3 is 0 Å². The van der Waals surface area contributed by atoms with E-state index in [2.05, 4.69) is 4.98 Å². The van der Waals surface area contributed by atoms with Crippen LogP contribution in [0.1, 0.15) is 12.5 Å². The maximum Gasteiger partial charge on any atom is 0.215 e. The van der Waals surface area contributed by atoms with Crippen molar-refractivity contribution in [2.75, 3.05) is 18.2 Å². The van der Waals surface area contributed by atoms with E-state index in [1.807, 2.05) is 6.92 Å². The third-order valence-corrected chi connectivity index (χ3v) is 4.50. The van der Waals surface area contributed by atoms with Gasteiger partial charge in [-0.1, -0.05) is 6.92 Å². The van der Waals surface area contributed by atoms with Gasteiger partial charge in [0.15, 0.2) is 0 Å². The van der Waals surface area contributed by atoms with E-state index in [1.54, 1.807) is 24.5 Å². The summed E-state index contributed by atoms with van der Waals surface area (Å²) in [4.78, 5) is 3.89. The largest absolute Gasteiger partial charge is 0.265 e.